The molecule has 14 heteroatoms. The van der Waals surface area contributed by atoms with Gasteiger partial charge in [0.05, 0.1) is 11.2 Å². The molecule has 0 N–H and O–H groups in total. The number of aromatic nitrogens is 8. The average molecular weight is 1350 g/mol. The molecule has 0 aliphatic carbocycles. The minimum absolute atomic E-state index is 0.175. The fourth-order valence-corrected chi connectivity index (χ4v) is 15.9. The van der Waals surface area contributed by atoms with E-state index in [1.54, 1.807) is 6.20 Å². The van der Waals surface area contributed by atoms with Gasteiger partial charge in [0.25, 0.3) is 0 Å². The van der Waals surface area contributed by atoms with E-state index in [1.165, 1.54) is 61.9 Å². The summed E-state index contributed by atoms with van der Waals surface area (Å²) in [6, 6.07) is 92.3. The summed E-state index contributed by atoms with van der Waals surface area (Å²) in [5.74, 6) is 3.05. The van der Waals surface area contributed by atoms with E-state index in [1.807, 2.05) is 126 Å². The number of halogens is 1. The number of fused-ring (bicyclic) bond motifs is 12. The normalized spacial score (nSPS) is 13.3. The highest BCUT2D eigenvalue weighted by molar-refractivity contribution is 7.27. The molecule has 0 unspecified atom stereocenters. The highest BCUT2D eigenvalue weighted by Gasteiger charge is 2.51. The highest BCUT2D eigenvalue weighted by Crippen LogP contribution is 2.43. The van der Waals surface area contributed by atoms with Crippen molar-refractivity contribution in [1.29, 1.82) is 0 Å². The van der Waals surface area contributed by atoms with E-state index in [0.29, 0.717) is 29.1 Å². The van der Waals surface area contributed by atoms with Crippen molar-refractivity contribution >= 4 is 130 Å². The summed E-state index contributed by atoms with van der Waals surface area (Å²) in [5, 5.41) is 15.0. The second-order valence-electron chi connectivity index (χ2n) is 25.8. The maximum absolute atomic E-state index is 6.23. The summed E-state index contributed by atoms with van der Waals surface area (Å²) in [7, 11) is -0.314. The van der Waals surface area contributed by atoms with Gasteiger partial charge in [-0.2, -0.15) is 9.97 Å². The van der Waals surface area contributed by atoms with Crippen LogP contribution in [0.2, 0.25) is 5.28 Å². The lowest BCUT2D eigenvalue weighted by Crippen LogP contribution is -2.41. The molecular formula is C86H60BClN8O2S2. The minimum atomic E-state index is -0.316. The van der Waals surface area contributed by atoms with Crippen LogP contribution in [0.1, 0.15) is 27.7 Å². The zero-order chi connectivity index (χ0) is 67.5. The molecule has 0 saturated carbocycles. The van der Waals surface area contributed by atoms with E-state index in [0.717, 1.165) is 77.1 Å². The van der Waals surface area contributed by atoms with Gasteiger partial charge >= 0.3 is 7.12 Å². The van der Waals surface area contributed by atoms with Gasteiger partial charge in [-0.1, -0.05) is 231 Å². The molecular weight excluding hydrogens is 1290 g/mol. The van der Waals surface area contributed by atoms with Gasteiger partial charge in [-0.3, -0.25) is 9.97 Å². The first-order valence-electron chi connectivity index (χ1n) is 33.1. The van der Waals surface area contributed by atoms with Crippen LogP contribution in [-0.4, -0.2) is 58.2 Å². The van der Waals surface area contributed by atoms with Gasteiger partial charge in [0.1, 0.15) is 0 Å². The Balaban J connectivity index is 0.000000118. The van der Waals surface area contributed by atoms with Crippen LogP contribution in [0.25, 0.3) is 163 Å². The van der Waals surface area contributed by atoms with E-state index >= 15 is 0 Å². The first kappa shape index (κ1) is 62.2. The van der Waals surface area contributed by atoms with Crippen molar-refractivity contribution in [3.8, 4) is 79.2 Å². The predicted octanol–water partition coefficient (Wildman–Crippen LogP) is 22.2. The summed E-state index contributed by atoms with van der Waals surface area (Å²) in [6.07, 6.45) is 7.46. The number of nitrogens with zero attached hydrogens (tertiary/aromatic N) is 8. The Kier molecular flexibility index (Phi) is 16.1. The lowest BCUT2D eigenvalue weighted by atomic mass is 9.79. The molecule has 0 amide bonds. The van der Waals surface area contributed by atoms with Gasteiger partial charge in [0.15, 0.2) is 29.1 Å². The highest BCUT2D eigenvalue weighted by atomic mass is 35.5. The van der Waals surface area contributed by atoms with Crippen molar-refractivity contribution in [2.45, 2.75) is 38.9 Å². The Morgan fingerprint density at radius 2 is 0.690 bits per heavy atom. The molecule has 18 aromatic rings. The third-order valence-electron chi connectivity index (χ3n) is 19.1. The third kappa shape index (κ3) is 11.9. The van der Waals surface area contributed by atoms with E-state index in [9.17, 15) is 0 Å². The minimum Gasteiger partial charge on any atom is -0.399 e. The number of hydrogen-bond acceptors (Lipinski definition) is 12. The monoisotopic (exact) mass is 1350 g/mol. The summed E-state index contributed by atoms with van der Waals surface area (Å²) >= 11 is 9.89. The van der Waals surface area contributed by atoms with Crippen molar-refractivity contribution in [2.24, 2.45) is 0 Å². The van der Waals surface area contributed by atoms with E-state index in [2.05, 4.69) is 235 Å². The average Bonchev–Trinajstić information content (AvgIpc) is 1.61. The van der Waals surface area contributed by atoms with Gasteiger partial charge in [0.2, 0.25) is 5.28 Å². The first-order chi connectivity index (χ1) is 48.9. The van der Waals surface area contributed by atoms with Crippen LogP contribution in [0.3, 0.4) is 0 Å². The van der Waals surface area contributed by atoms with Crippen LogP contribution in [-0.2, 0) is 9.31 Å². The van der Waals surface area contributed by atoms with Gasteiger partial charge in [-0.25, -0.2) is 19.9 Å². The Labute approximate surface area is 590 Å². The Hall–Kier alpha value is -11.3. The molecule has 478 valence electrons. The van der Waals surface area contributed by atoms with Gasteiger partial charge in [-0.05, 0) is 136 Å². The maximum atomic E-state index is 6.23. The van der Waals surface area contributed by atoms with E-state index in [4.69, 9.17) is 35.9 Å². The van der Waals surface area contributed by atoms with Crippen LogP contribution in [0, 0.1) is 0 Å². The van der Waals surface area contributed by atoms with Gasteiger partial charge < -0.3 is 9.31 Å². The molecule has 0 bridgehead atoms. The van der Waals surface area contributed by atoms with Crippen LogP contribution in [0.5, 0.6) is 0 Å². The van der Waals surface area contributed by atoms with Gasteiger partial charge in [0, 0.05) is 104 Å². The quantitative estimate of drug-likeness (QED) is 0.136. The van der Waals surface area contributed by atoms with Crippen molar-refractivity contribution in [2.75, 3.05) is 0 Å². The first-order valence-corrected chi connectivity index (χ1v) is 35.1. The predicted molar refractivity (Wildman–Crippen MR) is 416 cm³/mol. The molecule has 0 spiro atoms. The number of rotatable bonds is 8. The zero-order valence-electron chi connectivity index (χ0n) is 54.9. The van der Waals surface area contributed by atoms with Crippen molar-refractivity contribution < 1.29 is 9.31 Å². The molecule has 1 fully saturated rings. The standard InChI is InChI=1S/C40H24N4S.C24H15ClN4.C22H21BO2S/c1-2-9-27(10-3-1)38-42-39(29-13-6-12-28(22-29)31-15-7-11-26-20-21-41-24-35(26)31)44-40(43-38)30-17-18-33-34-19-16-25-8-4-5-14-32(25)37(34)45-36(33)23-30;25-24-28-22(17-6-2-1-3-7-17)27-23(29-24)19-10-4-9-18(14-19)20-11-5-8-16-12-13-26-15-21(16)20;1-21(2)22(3,4)25-23(24-21)15-10-12-17-18-11-9-14-7-5-6-8-16(14)20(18)26-19(17)13-15/h1-24H;1-15H;5-13H,1-4H3. The van der Waals surface area contributed by atoms with E-state index in [-0.39, 0.29) is 23.6 Å². The molecule has 0 radical (unpaired) electrons. The zero-order valence-corrected chi connectivity index (χ0v) is 57.3. The lowest BCUT2D eigenvalue weighted by Gasteiger charge is -2.32. The maximum Gasteiger partial charge on any atom is 0.494 e. The SMILES string of the molecule is CC1(C)OB(c2ccc3c(c2)sc2c4ccccc4ccc32)OC1(C)C.Clc1nc(-c2ccccc2)nc(-c2cccc(-c3cccc4ccncc34)c2)n1.c1ccc(-c2nc(-c3cccc(-c4cccc5ccncc45)c3)nc(-c3ccc4c(c3)sc3c5ccccc5ccc43)n2)cc1. The van der Waals surface area contributed by atoms with Crippen molar-refractivity contribution in [3.63, 3.8) is 0 Å². The largest absolute Gasteiger partial charge is 0.494 e. The number of benzene rings is 12. The van der Waals surface area contributed by atoms with Crippen molar-refractivity contribution in [1.82, 2.24) is 39.9 Å². The molecule has 1 aliphatic heterocycles. The second-order valence-corrected chi connectivity index (χ2v) is 28.3. The third-order valence-corrected chi connectivity index (χ3v) is 21.6. The number of pyridine rings is 2. The molecule has 1 aliphatic rings. The molecule has 0 atom stereocenters. The van der Waals surface area contributed by atoms with Crippen molar-refractivity contribution in [3.05, 3.63) is 297 Å². The molecule has 10 nitrogen and oxygen atoms in total. The van der Waals surface area contributed by atoms with Crippen LogP contribution in [0.15, 0.2) is 292 Å². The van der Waals surface area contributed by atoms with Crippen LogP contribution in [0.4, 0.5) is 0 Å². The summed E-state index contributed by atoms with van der Waals surface area (Å²) in [6.45, 7) is 8.38. The Morgan fingerprint density at radius 1 is 0.310 bits per heavy atom. The fourth-order valence-electron chi connectivity index (χ4n) is 13.2. The molecule has 7 heterocycles. The smallest absolute Gasteiger partial charge is 0.399 e. The fraction of sp³-hybridized carbons (Fsp3) is 0.0698. The molecule has 6 aromatic heterocycles. The molecule has 100 heavy (non-hydrogen) atoms. The summed E-state index contributed by atoms with van der Waals surface area (Å²) in [5.41, 5.74) is 9.49. The summed E-state index contributed by atoms with van der Waals surface area (Å²) in [4.78, 5) is 37.0. The number of hydrogen-bond donors (Lipinski definition) is 0. The Bertz CT molecular complexity index is 6160. The van der Waals surface area contributed by atoms with Gasteiger partial charge in [-0.15, -0.1) is 22.7 Å². The van der Waals surface area contributed by atoms with Crippen LogP contribution >= 0.6 is 34.3 Å². The lowest BCUT2D eigenvalue weighted by molar-refractivity contribution is 0.00578. The van der Waals surface area contributed by atoms with E-state index < -0.39 is 0 Å². The molecule has 12 aromatic carbocycles. The number of thiophene rings is 2. The molecule has 19 rings (SSSR count). The Morgan fingerprint density at radius 3 is 1.21 bits per heavy atom. The van der Waals surface area contributed by atoms with Crippen LogP contribution < -0.4 is 5.46 Å². The second kappa shape index (κ2) is 25.9. The molecule has 1 saturated heterocycles. The topological polar surface area (TPSA) is 122 Å². The summed E-state index contributed by atoms with van der Waals surface area (Å²) < 4.78 is 17.6.